The predicted molar refractivity (Wildman–Crippen MR) is 58.0 cm³/mol. The normalized spacial score (nSPS) is 10.1. The van der Waals surface area contributed by atoms with E-state index in [0.717, 1.165) is 22.3 Å². The summed E-state index contributed by atoms with van der Waals surface area (Å²) in [6.45, 7) is 0.749. The molecular formula is C10H9BrN2O. The first kappa shape index (κ1) is 9.27. The average Bonchev–Trinajstić information content (AvgIpc) is 2.69. The lowest BCUT2D eigenvalue weighted by Gasteiger charge is -2.05. The van der Waals surface area contributed by atoms with Crippen molar-refractivity contribution in [3.63, 3.8) is 0 Å². The van der Waals surface area contributed by atoms with Crippen molar-refractivity contribution in [1.29, 1.82) is 0 Å². The van der Waals surface area contributed by atoms with Gasteiger partial charge in [0.25, 0.3) is 0 Å². The van der Waals surface area contributed by atoms with Gasteiger partial charge in [0.1, 0.15) is 0 Å². The number of furan rings is 1. The highest BCUT2D eigenvalue weighted by molar-refractivity contribution is 9.10. The number of rotatable bonds is 3. The fourth-order valence-electron chi connectivity index (χ4n) is 1.11. The van der Waals surface area contributed by atoms with E-state index in [4.69, 9.17) is 4.42 Å². The van der Waals surface area contributed by atoms with Gasteiger partial charge in [-0.05, 0) is 28.1 Å². The number of anilines is 1. The second-order valence-electron chi connectivity index (χ2n) is 2.84. The van der Waals surface area contributed by atoms with E-state index in [1.165, 1.54) is 0 Å². The first-order chi connectivity index (χ1) is 6.86. The quantitative estimate of drug-likeness (QED) is 0.913. The minimum absolute atomic E-state index is 0.749. The summed E-state index contributed by atoms with van der Waals surface area (Å²) < 4.78 is 5.93. The maximum atomic E-state index is 4.97. The third-order valence-electron chi connectivity index (χ3n) is 1.84. The van der Waals surface area contributed by atoms with Crippen LogP contribution in [0.5, 0.6) is 0 Å². The first-order valence-electron chi connectivity index (χ1n) is 4.21. The molecule has 0 bridgehead atoms. The first-order valence-corrected chi connectivity index (χ1v) is 5.00. The Bertz CT molecular complexity index is 400. The summed E-state index contributed by atoms with van der Waals surface area (Å²) in [6, 6.07) is 3.85. The molecule has 2 aromatic heterocycles. The minimum atomic E-state index is 0.749. The van der Waals surface area contributed by atoms with E-state index < -0.39 is 0 Å². The second kappa shape index (κ2) is 4.28. The van der Waals surface area contributed by atoms with Crippen molar-refractivity contribution in [3.05, 3.63) is 47.1 Å². The van der Waals surface area contributed by atoms with Crippen LogP contribution in [0.1, 0.15) is 5.56 Å². The van der Waals surface area contributed by atoms with Crippen LogP contribution in [-0.2, 0) is 6.54 Å². The third kappa shape index (κ3) is 2.14. The lowest BCUT2D eigenvalue weighted by Crippen LogP contribution is -1.98. The molecule has 2 rings (SSSR count). The maximum Gasteiger partial charge on any atom is 0.0952 e. The Morgan fingerprint density at radius 1 is 1.43 bits per heavy atom. The molecule has 0 unspecified atom stereocenters. The highest BCUT2D eigenvalue weighted by Crippen LogP contribution is 2.20. The highest BCUT2D eigenvalue weighted by Gasteiger charge is 1.98. The monoisotopic (exact) mass is 252 g/mol. The Kier molecular flexibility index (Phi) is 2.84. The molecule has 0 fully saturated rings. The lowest BCUT2D eigenvalue weighted by molar-refractivity contribution is 0.564. The molecule has 0 saturated carbocycles. The standard InChI is InChI=1S/C10H9BrN2O/c11-9-6-12-3-1-10(9)13-5-8-2-4-14-7-8/h1-4,6-7H,5H2,(H,12,13). The van der Waals surface area contributed by atoms with Crippen LogP contribution in [0.2, 0.25) is 0 Å². The van der Waals surface area contributed by atoms with Crippen molar-refractivity contribution in [1.82, 2.24) is 4.98 Å². The average molecular weight is 253 g/mol. The topological polar surface area (TPSA) is 38.1 Å². The third-order valence-corrected chi connectivity index (χ3v) is 2.47. The van der Waals surface area contributed by atoms with Gasteiger partial charge in [0.05, 0.1) is 22.7 Å². The van der Waals surface area contributed by atoms with Crippen molar-refractivity contribution >= 4 is 21.6 Å². The van der Waals surface area contributed by atoms with Gasteiger partial charge >= 0.3 is 0 Å². The van der Waals surface area contributed by atoms with E-state index in [1.54, 1.807) is 24.9 Å². The summed E-state index contributed by atoms with van der Waals surface area (Å²) in [4.78, 5) is 3.98. The van der Waals surface area contributed by atoms with Gasteiger partial charge in [-0.1, -0.05) is 0 Å². The molecule has 0 aliphatic carbocycles. The van der Waals surface area contributed by atoms with Gasteiger partial charge < -0.3 is 9.73 Å². The number of pyridine rings is 1. The Balaban J connectivity index is 2.02. The molecule has 1 N–H and O–H groups in total. The van der Waals surface area contributed by atoms with Crippen molar-refractivity contribution in [2.24, 2.45) is 0 Å². The molecule has 0 aliphatic heterocycles. The zero-order valence-corrected chi connectivity index (χ0v) is 8.99. The van der Waals surface area contributed by atoms with Crippen LogP contribution in [0.3, 0.4) is 0 Å². The van der Waals surface area contributed by atoms with E-state index in [-0.39, 0.29) is 0 Å². The van der Waals surface area contributed by atoms with Crippen molar-refractivity contribution < 1.29 is 4.42 Å². The fourth-order valence-corrected chi connectivity index (χ4v) is 1.50. The molecule has 0 aliphatic rings. The summed E-state index contributed by atoms with van der Waals surface area (Å²) >= 11 is 3.41. The molecule has 2 aromatic rings. The smallest absolute Gasteiger partial charge is 0.0952 e. The van der Waals surface area contributed by atoms with Crippen molar-refractivity contribution in [2.45, 2.75) is 6.54 Å². The van der Waals surface area contributed by atoms with E-state index in [9.17, 15) is 0 Å². The molecule has 4 heteroatoms. The molecule has 0 spiro atoms. The van der Waals surface area contributed by atoms with Gasteiger partial charge in [-0.25, -0.2) is 0 Å². The van der Waals surface area contributed by atoms with E-state index in [2.05, 4.69) is 26.2 Å². The van der Waals surface area contributed by atoms with Gasteiger partial charge in [0.2, 0.25) is 0 Å². The Labute approximate surface area is 90.3 Å². The molecule has 2 heterocycles. The highest BCUT2D eigenvalue weighted by atomic mass is 79.9. The molecule has 0 amide bonds. The molecular weight excluding hydrogens is 244 g/mol. The molecule has 72 valence electrons. The lowest BCUT2D eigenvalue weighted by atomic mass is 10.3. The van der Waals surface area contributed by atoms with Gasteiger partial charge in [-0.3, -0.25) is 4.98 Å². The van der Waals surface area contributed by atoms with Crippen LogP contribution in [0.15, 0.2) is 45.9 Å². The van der Waals surface area contributed by atoms with Gasteiger partial charge in [0, 0.05) is 24.5 Å². The van der Waals surface area contributed by atoms with Crippen LogP contribution in [0, 0.1) is 0 Å². The molecule has 3 nitrogen and oxygen atoms in total. The van der Waals surface area contributed by atoms with Crippen LogP contribution in [0.25, 0.3) is 0 Å². The van der Waals surface area contributed by atoms with Crippen LogP contribution in [0.4, 0.5) is 5.69 Å². The van der Waals surface area contributed by atoms with Crippen molar-refractivity contribution in [2.75, 3.05) is 5.32 Å². The van der Waals surface area contributed by atoms with Gasteiger partial charge in [-0.2, -0.15) is 0 Å². The second-order valence-corrected chi connectivity index (χ2v) is 3.70. The number of nitrogens with one attached hydrogen (secondary N) is 1. The molecule has 0 atom stereocenters. The molecule has 0 radical (unpaired) electrons. The minimum Gasteiger partial charge on any atom is -0.472 e. The summed E-state index contributed by atoms with van der Waals surface area (Å²) in [5, 5.41) is 3.27. The predicted octanol–water partition coefficient (Wildman–Crippen LogP) is 3.05. The Morgan fingerprint density at radius 2 is 2.36 bits per heavy atom. The number of aromatic nitrogens is 1. The SMILES string of the molecule is Brc1cnccc1NCc1ccoc1. The van der Waals surface area contributed by atoms with E-state index >= 15 is 0 Å². The fraction of sp³-hybridized carbons (Fsp3) is 0.100. The Hall–Kier alpha value is -1.29. The number of hydrogen-bond acceptors (Lipinski definition) is 3. The van der Waals surface area contributed by atoms with Gasteiger partial charge in [0.15, 0.2) is 0 Å². The summed E-state index contributed by atoms with van der Waals surface area (Å²) in [5.41, 5.74) is 2.15. The number of hydrogen-bond donors (Lipinski definition) is 1. The summed E-state index contributed by atoms with van der Waals surface area (Å²) in [5.74, 6) is 0. The number of halogens is 1. The number of nitrogens with zero attached hydrogens (tertiary/aromatic N) is 1. The van der Waals surface area contributed by atoms with Crippen LogP contribution in [-0.4, -0.2) is 4.98 Å². The van der Waals surface area contributed by atoms with Crippen molar-refractivity contribution in [3.8, 4) is 0 Å². The molecule has 0 saturated heterocycles. The molecule has 0 aromatic carbocycles. The zero-order chi connectivity index (χ0) is 9.80. The zero-order valence-electron chi connectivity index (χ0n) is 7.40. The van der Waals surface area contributed by atoms with E-state index in [1.807, 2.05) is 12.1 Å². The largest absolute Gasteiger partial charge is 0.472 e. The van der Waals surface area contributed by atoms with Crippen LogP contribution < -0.4 is 5.32 Å². The molecule has 14 heavy (non-hydrogen) atoms. The van der Waals surface area contributed by atoms with Crippen LogP contribution >= 0.6 is 15.9 Å². The Morgan fingerprint density at radius 3 is 3.07 bits per heavy atom. The van der Waals surface area contributed by atoms with E-state index in [0.29, 0.717) is 0 Å². The summed E-state index contributed by atoms with van der Waals surface area (Å²) in [6.07, 6.45) is 6.90. The van der Waals surface area contributed by atoms with Gasteiger partial charge in [-0.15, -0.1) is 0 Å². The summed E-state index contributed by atoms with van der Waals surface area (Å²) in [7, 11) is 0. The maximum absolute atomic E-state index is 4.97.